The maximum absolute atomic E-state index is 11.0. The number of carboxylic acids is 1. The Balaban J connectivity index is 2.12. The van der Waals surface area contributed by atoms with E-state index in [2.05, 4.69) is 0 Å². The second-order valence-corrected chi connectivity index (χ2v) is 5.56. The highest BCUT2D eigenvalue weighted by Crippen LogP contribution is 2.28. The van der Waals surface area contributed by atoms with Gasteiger partial charge in [-0.3, -0.25) is 0 Å². The fraction of sp³-hybridized carbons (Fsp3) is 0.917. The van der Waals surface area contributed by atoms with Crippen LogP contribution in [0, 0.1) is 0 Å². The standard InChI is InChI=1S/C12H20O12/c13-1-2-3(14)5(16)9(11(21)22-2)24-12-7(18)4(15)6(17)8(23-12)10(19)20/h2-9,11-18,21H,1H2,(H,19,20)/t2-,3-,4+,5+,6+,7-,8+,9-,11?,12+/m1/s1. The summed E-state index contributed by atoms with van der Waals surface area (Å²) in [5.74, 6) is -1.64. The SMILES string of the molecule is O=C(O)[C@H]1O[C@@H](O[C@H]2C(O)O[C@H](CO)[C@@H](O)[C@@H]2O)[C@H](O)[C@@H](O)[C@@H]1O. The number of hydrogen-bond acceptors (Lipinski definition) is 11. The number of ether oxygens (including phenoxy) is 3. The van der Waals surface area contributed by atoms with Gasteiger partial charge >= 0.3 is 5.97 Å². The highest BCUT2D eigenvalue weighted by molar-refractivity contribution is 5.73. The molecule has 1 unspecified atom stereocenters. The fourth-order valence-electron chi connectivity index (χ4n) is 2.54. The molecule has 2 rings (SSSR count). The summed E-state index contributed by atoms with van der Waals surface area (Å²) in [7, 11) is 0. The summed E-state index contributed by atoms with van der Waals surface area (Å²) < 4.78 is 14.7. The van der Waals surface area contributed by atoms with Crippen LogP contribution in [0.4, 0.5) is 0 Å². The minimum absolute atomic E-state index is 0.698. The van der Waals surface area contributed by atoms with Gasteiger partial charge in [-0.1, -0.05) is 0 Å². The molecule has 0 aromatic carbocycles. The number of rotatable bonds is 4. The van der Waals surface area contributed by atoms with E-state index in [1.807, 2.05) is 0 Å². The maximum atomic E-state index is 11.0. The predicted molar refractivity (Wildman–Crippen MR) is 69.2 cm³/mol. The summed E-state index contributed by atoms with van der Waals surface area (Å²) in [4.78, 5) is 11.0. The minimum Gasteiger partial charge on any atom is -0.479 e. The number of carboxylic acid groups (broad SMARTS) is 1. The molecule has 12 heteroatoms. The average Bonchev–Trinajstić information content (AvgIpc) is 2.54. The van der Waals surface area contributed by atoms with E-state index in [4.69, 9.17) is 24.4 Å². The molecule has 0 aromatic rings. The Morgan fingerprint density at radius 3 is 2.04 bits per heavy atom. The molecule has 2 aliphatic rings. The van der Waals surface area contributed by atoms with Crippen molar-refractivity contribution in [1.82, 2.24) is 0 Å². The average molecular weight is 356 g/mol. The largest absolute Gasteiger partial charge is 0.479 e. The van der Waals surface area contributed by atoms with Crippen molar-refractivity contribution in [3.05, 3.63) is 0 Å². The zero-order valence-electron chi connectivity index (χ0n) is 12.2. The van der Waals surface area contributed by atoms with Crippen molar-refractivity contribution in [2.45, 2.75) is 61.4 Å². The Bertz CT molecular complexity index is 446. The smallest absolute Gasteiger partial charge is 0.335 e. The van der Waals surface area contributed by atoms with E-state index >= 15 is 0 Å². The van der Waals surface area contributed by atoms with Crippen LogP contribution in [0.1, 0.15) is 0 Å². The number of aliphatic hydroxyl groups is 7. The van der Waals surface area contributed by atoms with Crippen molar-refractivity contribution in [1.29, 1.82) is 0 Å². The molecule has 0 spiro atoms. The third-order valence-electron chi connectivity index (χ3n) is 3.95. The summed E-state index contributed by atoms with van der Waals surface area (Å²) in [6, 6.07) is 0. The van der Waals surface area contributed by atoms with Gasteiger partial charge in [0.05, 0.1) is 6.61 Å². The predicted octanol–water partition coefficient (Wildman–Crippen LogP) is -5.30. The summed E-state index contributed by atoms with van der Waals surface area (Å²) in [5.41, 5.74) is 0. The number of aliphatic carboxylic acids is 1. The molecule has 0 saturated carbocycles. The Hall–Kier alpha value is -0.930. The lowest BCUT2D eigenvalue weighted by Gasteiger charge is -2.44. The van der Waals surface area contributed by atoms with Crippen LogP contribution < -0.4 is 0 Å². The van der Waals surface area contributed by atoms with Crippen molar-refractivity contribution in [2.24, 2.45) is 0 Å². The molecule has 0 bridgehead atoms. The van der Waals surface area contributed by atoms with E-state index in [9.17, 15) is 35.4 Å². The van der Waals surface area contributed by atoms with E-state index in [0.717, 1.165) is 0 Å². The Morgan fingerprint density at radius 2 is 1.50 bits per heavy atom. The van der Waals surface area contributed by atoms with Crippen molar-refractivity contribution >= 4 is 5.97 Å². The second-order valence-electron chi connectivity index (χ2n) is 5.56. The van der Waals surface area contributed by atoms with Gasteiger partial charge in [-0.2, -0.15) is 0 Å². The number of carbonyl (C=O) groups is 1. The second kappa shape index (κ2) is 7.53. The maximum Gasteiger partial charge on any atom is 0.335 e. The van der Waals surface area contributed by atoms with Crippen LogP contribution in [-0.2, 0) is 19.0 Å². The lowest BCUT2D eigenvalue weighted by Crippen LogP contribution is -2.64. The van der Waals surface area contributed by atoms with Gasteiger partial charge in [0.1, 0.15) is 42.7 Å². The lowest BCUT2D eigenvalue weighted by molar-refractivity contribution is -0.357. The van der Waals surface area contributed by atoms with E-state index in [0.29, 0.717) is 0 Å². The first-order chi connectivity index (χ1) is 11.2. The Morgan fingerprint density at radius 1 is 0.875 bits per heavy atom. The molecule has 12 nitrogen and oxygen atoms in total. The monoisotopic (exact) mass is 356 g/mol. The van der Waals surface area contributed by atoms with Crippen LogP contribution in [0.5, 0.6) is 0 Å². The van der Waals surface area contributed by atoms with Gasteiger partial charge in [0.15, 0.2) is 18.7 Å². The first-order valence-electron chi connectivity index (χ1n) is 7.07. The molecule has 8 N–H and O–H groups in total. The van der Waals surface area contributed by atoms with Crippen LogP contribution in [-0.4, -0.2) is 115 Å². The number of hydrogen-bond donors (Lipinski definition) is 8. The topological polar surface area (TPSA) is 207 Å². The Labute approximate surface area is 135 Å². The molecule has 0 amide bonds. The van der Waals surface area contributed by atoms with Gasteiger partial charge in [0.25, 0.3) is 0 Å². The molecule has 140 valence electrons. The van der Waals surface area contributed by atoms with Gasteiger partial charge < -0.3 is 55.1 Å². The van der Waals surface area contributed by atoms with Crippen molar-refractivity contribution < 1.29 is 59.9 Å². The van der Waals surface area contributed by atoms with Crippen molar-refractivity contribution in [3.63, 3.8) is 0 Å². The summed E-state index contributed by atoms with van der Waals surface area (Å²) >= 11 is 0. The highest BCUT2D eigenvalue weighted by atomic mass is 16.7. The summed E-state index contributed by atoms with van der Waals surface area (Å²) in [6.45, 7) is -0.698. The molecule has 0 aromatic heterocycles. The van der Waals surface area contributed by atoms with E-state index in [1.54, 1.807) is 0 Å². The molecular formula is C12H20O12. The molecule has 2 aliphatic heterocycles. The van der Waals surface area contributed by atoms with Crippen LogP contribution >= 0.6 is 0 Å². The fourth-order valence-corrected chi connectivity index (χ4v) is 2.54. The summed E-state index contributed by atoms with van der Waals surface area (Å²) in [5, 5.41) is 76.4. The van der Waals surface area contributed by atoms with Crippen LogP contribution in [0.3, 0.4) is 0 Å². The normalized spacial score (nSPS) is 49.8. The quantitative estimate of drug-likeness (QED) is 0.238. The molecule has 0 radical (unpaired) electrons. The molecular weight excluding hydrogens is 336 g/mol. The molecule has 2 saturated heterocycles. The number of aliphatic hydroxyl groups excluding tert-OH is 7. The van der Waals surface area contributed by atoms with E-state index < -0.39 is 74.0 Å². The van der Waals surface area contributed by atoms with Gasteiger partial charge in [0, 0.05) is 0 Å². The summed E-state index contributed by atoms with van der Waals surface area (Å²) in [6.07, 6.45) is -17.8. The van der Waals surface area contributed by atoms with Gasteiger partial charge in [-0.25, -0.2) is 4.79 Å². The van der Waals surface area contributed by atoms with Gasteiger partial charge in [-0.05, 0) is 0 Å². The third kappa shape index (κ3) is 3.52. The molecule has 2 heterocycles. The zero-order chi connectivity index (χ0) is 18.2. The molecule has 0 aliphatic carbocycles. The molecule has 2 fully saturated rings. The zero-order valence-corrected chi connectivity index (χ0v) is 12.2. The first kappa shape index (κ1) is 19.4. The van der Waals surface area contributed by atoms with Crippen LogP contribution in [0.2, 0.25) is 0 Å². The van der Waals surface area contributed by atoms with Gasteiger partial charge in [0.2, 0.25) is 0 Å². The van der Waals surface area contributed by atoms with E-state index in [1.165, 1.54) is 0 Å². The van der Waals surface area contributed by atoms with E-state index in [-0.39, 0.29) is 0 Å². The first-order valence-corrected chi connectivity index (χ1v) is 7.07. The lowest BCUT2D eigenvalue weighted by atomic mass is 9.97. The van der Waals surface area contributed by atoms with Crippen LogP contribution in [0.15, 0.2) is 0 Å². The van der Waals surface area contributed by atoms with Gasteiger partial charge in [-0.15, -0.1) is 0 Å². The highest BCUT2D eigenvalue weighted by Gasteiger charge is 2.51. The molecule has 24 heavy (non-hydrogen) atoms. The van der Waals surface area contributed by atoms with Crippen molar-refractivity contribution in [3.8, 4) is 0 Å². The minimum atomic E-state index is -1.93. The third-order valence-corrected chi connectivity index (χ3v) is 3.95. The van der Waals surface area contributed by atoms with Crippen LogP contribution in [0.25, 0.3) is 0 Å². The Kier molecular flexibility index (Phi) is 6.09. The van der Waals surface area contributed by atoms with Crippen molar-refractivity contribution in [2.75, 3.05) is 6.61 Å². The molecule has 10 atom stereocenters.